The van der Waals surface area contributed by atoms with Crippen LogP contribution >= 0.6 is 0 Å². The molecule has 24 heavy (non-hydrogen) atoms. The maximum absolute atomic E-state index is 12.5. The van der Waals surface area contributed by atoms with Gasteiger partial charge in [0.25, 0.3) is 0 Å². The van der Waals surface area contributed by atoms with Gasteiger partial charge in [-0.25, -0.2) is 13.1 Å². The average Bonchev–Trinajstić information content (AvgIpc) is 3.03. The second kappa shape index (κ2) is 5.92. The topological polar surface area (TPSA) is 55.4 Å². The van der Waals surface area contributed by atoms with Crippen molar-refractivity contribution in [1.29, 1.82) is 0 Å². The van der Waals surface area contributed by atoms with Crippen molar-refractivity contribution in [1.82, 2.24) is 4.72 Å². The minimum absolute atomic E-state index is 0.169. The predicted molar refractivity (Wildman–Crippen MR) is 93.7 cm³/mol. The highest BCUT2D eigenvalue weighted by Crippen LogP contribution is 2.28. The zero-order chi connectivity index (χ0) is 16.6. The Morgan fingerprint density at radius 3 is 2.54 bits per heavy atom. The van der Waals surface area contributed by atoms with E-state index in [0.717, 1.165) is 28.5 Å². The van der Waals surface area contributed by atoms with E-state index in [1.165, 1.54) is 0 Å². The molecule has 0 aromatic heterocycles. The number of nitrogens with one attached hydrogen (secondary N) is 1. The number of hydrogen-bond acceptors (Lipinski definition) is 3. The summed E-state index contributed by atoms with van der Waals surface area (Å²) in [5.41, 5.74) is 1.12. The quantitative estimate of drug-likeness (QED) is 0.794. The Kier molecular flexibility index (Phi) is 3.75. The summed E-state index contributed by atoms with van der Waals surface area (Å²) in [6.45, 7) is 0.254. The van der Waals surface area contributed by atoms with E-state index < -0.39 is 10.0 Å². The van der Waals surface area contributed by atoms with Crippen LogP contribution in [-0.2, 0) is 16.4 Å². The Morgan fingerprint density at radius 2 is 1.71 bits per heavy atom. The summed E-state index contributed by atoms with van der Waals surface area (Å²) in [4.78, 5) is 0.275. The molecule has 1 N–H and O–H groups in total. The standard InChI is InChI=1S/C19H17NO3S/c21-24(22,18-10-9-14-5-1-2-6-15(14)12-18)20-13-17-11-16-7-3-4-8-19(16)23-17/h1-10,12,17,20H,11,13H2/t17-/m1/s1. The third-order valence-electron chi connectivity index (χ3n) is 4.25. The lowest BCUT2D eigenvalue weighted by Crippen LogP contribution is -2.34. The van der Waals surface area contributed by atoms with Crippen LogP contribution in [0, 0.1) is 0 Å². The van der Waals surface area contributed by atoms with Crippen LogP contribution in [0.15, 0.2) is 71.6 Å². The van der Waals surface area contributed by atoms with Gasteiger partial charge in [-0.3, -0.25) is 0 Å². The van der Waals surface area contributed by atoms with Crippen molar-refractivity contribution in [3.8, 4) is 5.75 Å². The zero-order valence-corrected chi connectivity index (χ0v) is 13.8. The molecule has 4 nitrogen and oxygen atoms in total. The van der Waals surface area contributed by atoms with Gasteiger partial charge in [0.2, 0.25) is 10.0 Å². The third kappa shape index (κ3) is 2.88. The Hall–Kier alpha value is -2.37. The minimum Gasteiger partial charge on any atom is -0.488 e. The van der Waals surface area contributed by atoms with E-state index in [9.17, 15) is 8.42 Å². The van der Waals surface area contributed by atoms with Crippen molar-refractivity contribution in [2.75, 3.05) is 6.54 Å². The molecule has 122 valence electrons. The Morgan fingerprint density at radius 1 is 0.958 bits per heavy atom. The van der Waals surface area contributed by atoms with Crippen molar-refractivity contribution in [3.63, 3.8) is 0 Å². The average molecular weight is 339 g/mol. The van der Waals surface area contributed by atoms with E-state index in [1.807, 2.05) is 54.6 Å². The van der Waals surface area contributed by atoms with E-state index in [2.05, 4.69) is 4.72 Å². The number of rotatable bonds is 4. The fourth-order valence-electron chi connectivity index (χ4n) is 2.99. The van der Waals surface area contributed by atoms with Crippen molar-refractivity contribution in [2.45, 2.75) is 17.4 Å². The van der Waals surface area contributed by atoms with Crippen molar-refractivity contribution in [3.05, 3.63) is 72.3 Å². The summed E-state index contributed by atoms with van der Waals surface area (Å²) in [6, 6.07) is 20.7. The summed E-state index contributed by atoms with van der Waals surface area (Å²) in [6.07, 6.45) is 0.550. The summed E-state index contributed by atoms with van der Waals surface area (Å²) in [5.74, 6) is 0.840. The molecule has 1 aliphatic heterocycles. The summed E-state index contributed by atoms with van der Waals surface area (Å²) in [7, 11) is -3.56. The lowest BCUT2D eigenvalue weighted by atomic mass is 10.1. The van der Waals surface area contributed by atoms with Crippen LogP contribution in [0.25, 0.3) is 10.8 Å². The van der Waals surface area contributed by atoms with Gasteiger partial charge >= 0.3 is 0 Å². The van der Waals surface area contributed by atoms with Crippen molar-refractivity contribution >= 4 is 20.8 Å². The molecule has 0 bridgehead atoms. The van der Waals surface area contributed by atoms with E-state index in [1.54, 1.807) is 12.1 Å². The molecule has 0 saturated carbocycles. The summed E-state index contributed by atoms with van der Waals surface area (Å²) < 4.78 is 33.5. The minimum atomic E-state index is -3.56. The first-order valence-electron chi connectivity index (χ1n) is 7.85. The molecule has 0 saturated heterocycles. The van der Waals surface area contributed by atoms with E-state index in [-0.39, 0.29) is 17.5 Å². The van der Waals surface area contributed by atoms with Gasteiger partial charge < -0.3 is 4.74 Å². The molecule has 0 aliphatic carbocycles. The SMILES string of the molecule is O=S(=O)(NC[C@H]1Cc2ccccc2O1)c1ccc2ccccc2c1. The highest BCUT2D eigenvalue weighted by molar-refractivity contribution is 7.89. The number of fused-ring (bicyclic) bond motifs is 2. The fraction of sp³-hybridized carbons (Fsp3) is 0.158. The van der Waals surface area contributed by atoms with Crippen LogP contribution < -0.4 is 9.46 Å². The fourth-order valence-corrected chi connectivity index (χ4v) is 4.09. The second-order valence-electron chi connectivity index (χ2n) is 5.91. The van der Waals surface area contributed by atoms with Crippen LogP contribution in [0.3, 0.4) is 0 Å². The van der Waals surface area contributed by atoms with E-state index in [4.69, 9.17) is 4.74 Å². The van der Waals surface area contributed by atoms with Crippen LogP contribution in [0.4, 0.5) is 0 Å². The molecular weight excluding hydrogens is 322 g/mol. The lowest BCUT2D eigenvalue weighted by molar-refractivity contribution is 0.236. The Bertz CT molecular complexity index is 973. The van der Waals surface area contributed by atoms with Gasteiger partial charge in [-0.1, -0.05) is 48.5 Å². The Balaban J connectivity index is 1.49. The summed E-state index contributed by atoms with van der Waals surface area (Å²) in [5, 5.41) is 1.93. The monoisotopic (exact) mass is 339 g/mol. The highest BCUT2D eigenvalue weighted by atomic mass is 32.2. The van der Waals surface area contributed by atoms with Gasteiger partial charge in [0.15, 0.2) is 0 Å². The number of benzene rings is 3. The highest BCUT2D eigenvalue weighted by Gasteiger charge is 2.24. The van der Waals surface area contributed by atoms with Gasteiger partial charge in [-0.05, 0) is 34.5 Å². The summed E-state index contributed by atoms with van der Waals surface area (Å²) >= 11 is 0. The smallest absolute Gasteiger partial charge is 0.240 e. The molecule has 3 aromatic rings. The maximum atomic E-state index is 12.5. The van der Waals surface area contributed by atoms with Crippen LogP contribution in [0.1, 0.15) is 5.56 Å². The molecule has 1 atom stereocenters. The largest absolute Gasteiger partial charge is 0.488 e. The predicted octanol–water partition coefficient (Wildman–Crippen LogP) is 3.12. The lowest BCUT2D eigenvalue weighted by Gasteiger charge is -2.12. The van der Waals surface area contributed by atoms with Gasteiger partial charge in [0.05, 0.1) is 4.90 Å². The molecule has 3 aromatic carbocycles. The molecular formula is C19H17NO3S. The first-order chi connectivity index (χ1) is 11.6. The molecule has 0 amide bonds. The second-order valence-corrected chi connectivity index (χ2v) is 7.68. The first kappa shape index (κ1) is 15.2. The van der Waals surface area contributed by atoms with Crippen LogP contribution in [-0.4, -0.2) is 21.1 Å². The molecule has 5 heteroatoms. The van der Waals surface area contributed by atoms with Gasteiger partial charge in [-0.15, -0.1) is 0 Å². The molecule has 1 aliphatic rings. The molecule has 0 unspecified atom stereocenters. The van der Waals surface area contributed by atoms with Crippen molar-refractivity contribution in [2.24, 2.45) is 0 Å². The van der Waals surface area contributed by atoms with Crippen LogP contribution in [0.5, 0.6) is 5.75 Å². The number of para-hydroxylation sites is 1. The number of sulfonamides is 1. The first-order valence-corrected chi connectivity index (χ1v) is 9.33. The van der Waals surface area contributed by atoms with Crippen LogP contribution in [0.2, 0.25) is 0 Å². The zero-order valence-electron chi connectivity index (χ0n) is 13.0. The van der Waals surface area contributed by atoms with Gasteiger partial charge in [0, 0.05) is 13.0 Å². The van der Waals surface area contributed by atoms with E-state index in [0.29, 0.717) is 0 Å². The molecule has 0 fully saturated rings. The van der Waals surface area contributed by atoms with Gasteiger partial charge in [-0.2, -0.15) is 0 Å². The number of hydrogen-bond donors (Lipinski definition) is 1. The third-order valence-corrected chi connectivity index (χ3v) is 5.67. The van der Waals surface area contributed by atoms with Crippen molar-refractivity contribution < 1.29 is 13.2 Å². The van der Waals surface area contributed by atoms with Gasteiger partial charge in [0.1, 0.15) is 11.9 Å². The Labute approximate surface area is 141 Å². The molecule has 4 rings (SSSR count). The normalized spacial score (nSPS) is 16.8. The number of ether oxygens (including phenoxy) is 1. The van der Waals surface area contributed by atoms with E-state index >= 15 is 0 Å². The molecule has 1 heterocycles. The molecule has 0 radical (unpaired) electrons. The molecule has 0 spiro atoms. The maximum Gasteiger partial charge on any atom is 0.240 e.